The first-order chi connectivity index (χ1) is 8.16. The van der Waals surface area contributed by atoms with E-state index in [9.17, 15) is 4.79 Å². The molecule has 1 saturated heterocycles. The molecule has 1 amide bonds. The fraction of sp³-hybridized carbons (Fsp3) is 0.615. The van der Waals surface area contributed by atoms with E-state index in [1.807, 2.05) is 19.9 Å². The molecule has 0 aromatic carbocycles. The number of hydrogen-bond donors (Lipinski definition) is 3. The number of H-pyrrole nitrogens is 1. The summed E-state index contributed by atoms with van der Waals surface area (Å²) in [6.07, 6.45) is 2.32. The van der Waals surface area contributed by atoms with Gasteiger partial charge in [0.15, 0.2) is 0 Å². The van der Waals surface area contributed by atoms with E-state index in [1.165, 1.54) is 0 Å². The molecule has 4 nitrogen and oxygen atoms in total. The van der Waals surface area contributed by atoms with Gasteiger partial charge in [-0.3, -0.25) is 4.79 Å². The van der Waals surface area contributed by atoms with Gasteiger partial charge in [0.05, 0.1) is 5.56 Å². The van der Waals surface area contributed by atoms with Gasteiger partial charge in [0, 0.05) is 17.9 Å². The van der Waals surface area contributed by atoms with E-state index in [2.05, 4.69) is 15.6 Å². The van der Waals surface area contributed by atoms with Gasteiger partial charge in [-0.25, -0.2) is 0 Å². The van der Waals surface area contributed by atoms with Gasteiger partial charge in [-0.1, -0.05) is 0 Å². The van der Waals surface area contributed by atoms with Crippen LogP contribution in [-0.2, 0) is 0 Å². The molecule has 0 spiro atoms. The molecule has 0 saturated carbocycles. The molecule has 2 heterocycles. The Morgan fingerprint density at radius 3 is 2.71 bits per heavy atom. The molecule has 1 aromatic heterocycles. The highest BCUT2D eigenvalue weighted by Crippen LogP contribution is 2.12. The lowest BCUT2D eigenvalue weighted by molar-refractivity contribution is 0.0943. The van der Waals surface area contributed by atoms with Crippen molar-refractivity contribution in [2.45, 2.75) is 26.7 Å². The van der Waals surface area contributed by atoms with Gasteiger partial charge in [0.2, 0.25) is 0 Å². The van der Waals surface area contributed by atoms with Crippen LogP contribution in [0.4, 0.5) is 0 Å². The molecule has 3 N–H and O–H groups in total. The van der Waals surface area contributed by atoms with Crippen LogP contribution in [0, 0.1) is 19.8 Å². The number of aromatic nitrogens is 1. The summed E-state index contributed by atoms with van der Waals surface area (Å²) in [6.45, 7) is 6.85. The summed E-state index contributed by atoms with van der Waals surface area (Å²) in [7, 11) is 0. The normalized spacial score (nSPS) is 17.1. The maximum Gasteiger partial charge on any atom is 0.253 e. The van der Waals surface area contributed by atoms with E-state index in [-0.39, 0.29) is 5.91 Å². The summed E-state index contributed by atoms with van der Waals surface area (Å²) in [6, 6.07) is 1.91. The Balaban J connectivity index is 1.86. The molecule has 0 bridgehead atoms. The number of rotatable bonds is 3. The number of carbonyl (C=O) groups excluding carboxylic acids is 1. The topological polar surface area (TPSA) is 56.9 Å². The second-order valence-corrected chi connectivity index (χ2v) is 4.89. The first kappa shape index (κ1) is 12.2. The predicted octanol–water partition coefficient (Wildman–Crippen LogP) is 1.36. The SMILES string of the molecule is Cc1cc(C(=O)NCC2CCNCC2)c(C)[nH]1. The zero-order valence-electron chi connectivity index (χ0n) is 10.6. The van der Waals surface area contributed by atoms with Gasteiger partial charge in [0.25, 0.3) is 5.91 Å². The maximum atomic E-state index is 12.0. The summed E-state index contributed by atoms with van der Waals surface area (Å²) in [5, 5.41) is 6.36. The molecule has 17 heavy (non-hydrogen) atoms. The minimum Gasteiger partial charge on any atom is -0.362 e. The van der Waals surface area contributed by atoms with Crippen molar-refractivity contribution < 1.29 is 4.79 Å². The minimum absolute atomic E-state index is 0.0467. The fourth-order valence-corrected chi connectivity index (χ4v) is 2.38. The standard InChI is InChI=1S/C13H21N3O/c1-9-7-12(10(2)16-9)13(17)15-8-11-3-5-14-6-4-11/h7,11,14,16H,3-6,8H2,1-2H3,(H,15,17). The quantitative estimate of drug-likeness (QED) is 0.741. The molecule has 1 aliphatic rings. The molecule has 0 aliphatic carbocycles. The number of aryl methyl sites for hydroxylation is 2. The van der Waals surface area contributed by atoms with Crippen LogP contribution in [0.2, 0.25) is 0 Å². The smallest absolute Gasteiger partial charge is 0.253 e. The second kappa shape index (κ2) is 5.36. The van der Waals surface area contributed by atoms with Crippen molar-refractivity contribution in [1.82, 2.24) is 15.6 Å². The van der Waals surface area contributed by atoms with Crippen molar-refractivity contribution in [3.05, 3.63) is 23.0 Å². The van der Waals surface area contributed by atoms with Gasteiger partial charge >= 0.3 is 0 Å². The average molecular weight is 235 g/mol. The van der Waals surface area contributed by atoms with Crippen molar-refractivity contribution in [1.29, 1.82) is 0 Å². The number of carbonyl (C=O) groups is 1. The molecule has 94 valence electrons. The van der Waals surface area contributed by atoms with Crippen LogP contribution in [-0.4, -0.2) is 30.5 Å². The highest BCUT2D eigenvalue weighted by atomic mass is 16.1. The van der Waals surface area contributed by atoms with Crippen LogP contribution in [0.5, 0.6) is 0 Å². The zero-order valence-corrected chi connectivity index (χ0v) is 10.6. The first-order valence-corrected chi connectivity index (χ1v) is 6.32. The van der Waals surface area contributed by atoms with Gasteiger partial charge in [0.1, 0.15) is 0 Å². The Bertz CT molecular complexity index is 391. The number of amides is 1. The Hall–Kier alpha value is -1.29. The predicted molar refractivity (Wildman–Crippen MR) is 68.2 cm³/mol. The van der Waals surface area contributed by atoms with Crippen LogP contribution in [0.1, 0.15) is 34.6 Å². The van der Waals surface area contributed by atoms with Crippen molar-refractivity contribution in [2.75, 3.05) is 19.6 Å². The zero-order chi connectivity index (χ0) is 12.3. The van der Waals surface area contributed by atoms with Gasteiger partial charge in [-0.05, 0) is 51.8 Å². The Labute approximate surface area is 102 Å². The van der Waals surface area contributed by atoms with Crippen LogP contribution in [0.15, 0.2) is 6.07 Å². The summed E-state index contributed by atoms with van der Waals surface area (Å²) in [5.41, 5.74) is 2.76. The molecule has 0 radical (unpaired) electrons. The molecule has 1 fully saturated rings. The fourth-order valence-electron chi connectivity index (χ4n) is 2.38. The van der Waals surface area contributed by atoms with Gasteiger partial charge < -0.3 is 15.6 Å². The minimum atomic E-state index is 0.0467. The molecule has 1 aromatic rings. The third-order valence-corrected chi connectivity index (χ3v) is 3.40. The maximum absolute atomic E-state index is 12.0. The van der Waals surface area contributed by atoms with Crippen LogP contribution in [0.25, 0.3) is 0 Å². The molecule has 2 rings (SSSR count). The van der Waals surface area contributed by atoms with Gasteiger partial charge in [-0.15, -0.1) is 0 Å². The Kier molecular flexibility index (Phi) is 3.84. The lowest BCUT2D eigenvalue weighted by Gasteiger charge is -2.22. The molecule has 0 unspecified atom stereocenters. The third-order valence-electron chi connectivity index (χ3n) is 3.40. The Morgan fingerprint density at radius 2 is 2.12 bits per heavy atom. The first-order valence-electron chi connectivity index (χ1n) is 6.32. The van der Waals surface area contributed by atoms with E-state index in [0.717, 1.165) is 49.4 Å². The van der Waals surface area contributed by atoms with Crippen molar-refractivity contribution >= 4 is 5.91 Å². The van der Waals surface area contributed by atoms with Crippen molar-refractivity contribution in [2.24, 2.45) is 5.92 Å². The van der Waals surface area contributed by atoms with Crippen molar-refractivity contribution in [3.8, 4) is 0 Å². The third kappa shape index (κ3) is 3.09. The summed E-state index contributed by atoms with van der Waals surface area (Å²) < 4.78 is 0. The van der Waals surface area contributed by atoms with Crippen LogP contribution >= 0.6 is 0 Å². The number of piperidine rings is 1. The lowest BCUT2D eigenvalue weighted by atomic mass is 9.98. The number of hydrogen-bond acceptors (Lipinski definition) is 2. The molecule has 1 aliphatic heterocycles. The van der Waals surface area contributed by atoms with E-state index >= 15 is 0 Å². The largest absolute Gasteiger partial charge is 0.362 e. The average Bonchev–Trinajstić information content (AvgIpc) is 2.67. The summed E-state index contributed by atoms with van der Waals surface area (Å²) >= 11 is 0. The summed E-state index contributed by atoms with van der Waals surface area (Å²) in [4.78, 5) is 15.1. The van der Waals surface area contributed by atoms with E-state index < -0.39 is 0 Å². The molecular weight excluding hydrogens is 214 g/mol. The highest BCUT2D eigenvalue weighted by molar-refractivity contribution is 5.95. The molecular formula is C13H21N3O. The van der Waals surface area contributed by atoms with Crippen LogP contribution in [0.3, 0.4) is 0 Å². The monoisotopic (exact) mass is 235 g/mol. The van der Waals surface area contributed by atoms with Crippen molar-refractivity contribution in [3.63, 3.8) is 0 Å². The van der Waals surface area contributed by atoms with E-state index in [0.29, 0.717) is 5.92 Å². The van der Waals surface area contributed by atoms with E-state index in [1.54, 1.807) is 0 Å². The Morgan fingerprint density at radius 1 is 1.41 bits per heavy atom. The molecule has 0 atom stereocenters. The molecule has 4 heteroatoms. The number of nitrogens with one attached hydrogen (secondary N) is 3. The number of aromatic amines is 1. The van der Waals surface area contributed by atoms with Crippen LogP contribution < -0.4 is 10.6 Å². The summed E-state index contributed by atoms with van der Waals surface area (Å²) in [5.74, 6) is 0.672. The van der Waals surface area contributed by atoms with E-state index in [4.69, 9.17) is 0 Å². The second-order valence-electron chi connectivity index (χ2n) is 4.89. The highest BCUT2D eigenvalue weighted by Gasteiger charge is 2.16. The van der Waals surface area contributed by atoms with Gasteiger partial charge in [-0.2, -0.15) is 0 Å². The lowest BCUT2D eigenvalue weighted by Crippen LogP contribution is -2.36.